The van der Waals surface area contributed by atoms with Crippen LogP contribution in [0.15, 0.2) is 17.7 Å². The Kier molecular flexibility index (Phi) is 2.22. The van der Waals surface area contributed by atoms with Gasteiger partial charge in [0.05, 0.1) is 12.6 Å². The predicted molar refractivity (Wildman–Crippen MR) is 71.6 cm³/mol. The maximum Gasteiger partial charge on any atom is 0.119 e. The molecule has 1 aromatic carbocycles. The molecule has 2 aliphatic rings. The molecule has 1 saturated carbocycles. The second-order valence-electron chi connectivity index (χ2n) is 5.39. The van der Waals surface area contributed by atoms with Crippen LogP contribution in [0.2, 0.25) is 0 Å². The number of hydrogen-bond acceptors (Lipinski definition) is 2. The average molecular weight is 229 g/mol. The summed E-state index contributed by atoms with van der Waals surface area (Å²) in [7, 11) is 1.73. The van der Waals surface area contributed by atoms with Crippen LogP contribution in [0.4, 0.5) is 5.69 Å². The van der Waals surface area contributed by atoms with Gasteiger partial charge in [-0.05, 0) is 56.4 Å². The first kappa shape index (κ1) is 10.7. The Morgan fingerprint density at radius 2 is 2.18 bits per heavy atom. The van der Waals surface area contributed by atoms with E-state index in [4.69, 9.17) is 4.74 Å². The lowest BCUT2D eigenvalue weighted by Gasteiger charge is -2.35. The van der Waals surface area contributed by atoms with E-state index in [0.29, 0.717) is 0 Å². The second-order valence-corrected chi connectivity index (χ2v) is 5.39. The van der Waals surface area contributed by atoms with Gasteiger partial charge in [0.2, 0.25) is 0 Å². The monoisotopic (exact) mass is 229 g/mol. The lowest BCUT2D eigenvalue weighted by atomic mass is 9.87. The van der Waals surface area contributed by atoms with Crippen molar-refractivity contribution in [3.8, 4) is 5.75 Å². The van der Waals surface area contributed by atoms with Crippen molar-refractivity contribution in [2.75, 3.05) is 12.4 Å². The molecule has 1 unspecified atom stereocenters. The number of fused-ring (bicyclic) bond motifs is 2. The van der Waals surface area contributed by atoms with Gasteiger partial charge < -0.3 is 10.1 Å². The van der Waals surface area contributed by atoms with Crippen LogP contribution in [-0.2, 0) is 0 Å². The van der Waals surface area contributed by atoms with Crippen LogP contribution >= 0.6 is 0 Å². The fourth-order valence-corrected chi connectivity index (χ4v) is 3.09. The van der Waals surface area contributed by atoms with Crippen LogP contribution in [-0.4, -0.2) is 12.6 Å². The van der Waals surface area contributed by atoms with Gasteiger partial charge in [0.15, 0.2) is 0 Å². The molecule has 1 aliphatic heterocycles. The summed E-state index contributed by atoms with van der Waals surface area (Å²) in [5.74, 6) is 0.946. The van der Waals surface area contributed by atoms with Crippen molar-refractivity contribution in [3.05, 3.63) is 28.8 Å². The van der Waals surface area contributed by atoms with Gasteiger partial charge in [0.25, 0.3) is 0 Å². The standard InChI is InChI=1S/C15H19NO/c1-10-7-13(17-3)9-11-8-12-5-4-6-15(12,2)16-14(10)11/h7-9,16H,4-6H2,1-3H3. The molecule has 2 heteroatoms. The molecule has 0 radical (unpaired) electrons. The minimum atomic E-state index is 0.187. The second kappa shape index (κ2) is 3.52. The van der Waals surface area contributed by atoms with Gasteiger partial charge in [-0.3, -0.25) is 0 Å². The summed E-state index contributed by atoms with van der Waals surface area (Å²) >= 11 is 0. The van der Waals surface area contributed by atoms with Crippen molar-refractivity contribution in [2.24, 2.45) is 0 Å². The Morgan fingerprint density at radius 3 is 2.94 bits per heavy atom. The summed E-state index contributed by atoms with van der Waals surface area (Å²) in [6.45, 7) is 4.46. The molecule has 0 amide bonds. The Morgan fingerprint density at radius 1 is 1.35 bits per heavy atom. The third-order valence-corrected chi connectivity index (χ3v) is 4.14. The topological polar surface area (TPSA) is 21.3 Å². The lowest BCUT2D eigenvalue weighted by Crippen LogP contribution is -2.35. The van der Waals surface area contributed by atoms with Crippen molar-refractivity contribution >= 4 is 11.8 Å². The Labute approximate surface area is 103 Å². The van der Waals surface area contributed by atoms with Crippen molar-refractivity contribution in [3.63, 3.8) is 0 Å². The summed E-state index contributed by atoms with van der Waals surface area (Å²) in [6.07, 6.45) is 6.11. The zero-order valence-electron chi connectivity index (χ0n) is 10.8. The van der Waals surface area contributed by atoms with E-state index in [9.17, 15) is 0 Å². The molecule has 2 nitrogen and oxygen atoms in total. The predicted octanol–water partition coefficient (Wildman–Crippen LogP) is 3.76. The van der Waals surface area contributed by atoms with Gasteiger partial charge in [0.1, 0.15) is 5.75 Å². The molecule has 90 valence electrons. The molecular formula is C15H19NO. The summed E-state index contributed by atoms with van der Waals surface area (Å²) < 4.78 is 5.34. The normalized spacial score (nSPS) is 25.7. The quantitative estimate of drug-likeness (QED) is 0.791. The van der Waals surface area contributed by atoms with Crippen molar-refractivity contribution in [1.82, 2.24) is 0 Å². The third-order valence-electron chi connectivity index (χ3n) is 4.14. The molecule has 0 bridgehead atoms. The highest BCUT2D eigenvalue weighted by Gasteiger charge is 2.36. The molecule has 1 aliphatic carbocycles. The molecule has 1 aromatic rings. The molecule has 3 rings (SSSR count). The molecule has 0 saturated heterocycles. The van der Waals surface area contributed by atoms with E-state index in [2.05, 4.69) is 37.4 Å². The Balaban J connectivity index is 2.14. The van der Waals surface area contributed by atoms with Crippen LogP contribution in [0.1, 0.15) is 37.3 Å². The van der Waals surface area contributed by atoms with Gasteiger partial charge in [0, 0.05) is 11.3 Å². The van der Waals surface area contributed by atoms with E-state index < -0.39 is 0 Å². The van der Waals surface area contributed by atoms with E-state index in [1.54, 1.807) is 7.11 Å². The fourth-order valence-electron chi connectivity index (χ4n) is 3.09. The molecule has 0 spiro atoms. The Hall–Kier alpha value is -1.44. The van der Waals surface area contributed by atoms with Crippen LogP contribution in [0, 0.1) is 6.92 Å². The number of methoxy groups -OCH3 is 1. The number of aryl methyl sites for hydroxylation is 1. The first-order valence-corrected chi connectivity index (χ1v) is 6.30. The number of anilines is 1. The van der Waals surface area contributed by atoms with Crippen LogP contribution in [0.3, 0.4) is 0 Å². The highest BCUT2D eigenvalue weighted by Crippen LogP contribution is 2.45. The molecule has 1 fully saturated rings. The van der Waals surface area contributed by atoms with Gasteiger partial charge in [-0.1, -0.05) is 6.08 Å². The van der Waals surface area contributed by atoms with E-state index in [1.807, 2.05) is 0 Å². The SMILES string of the molecule is COc1cc(C)c2c(c1)C=C1CCCC1(C)N2. The summed E-state index contributed by atoms with van der Waals surface area (Å²) in [6, 6.07) is 4.23. The summed E-state index contributed by atoms with van der Waals surface area (Å²) in [5.41, 5.74) is 5.54. The number of hydrogen-bond donors (Lipinski definition) is 1. The van der Waals surface area contributed by atoms with Gasteiger partial charge >= 0.3 is 0 Å². The van der Waals surface area contributed by atoms with E-state index in [0.717, 1.165) is 5.75 Å². The lowest BCUT2D eigenvalue weighted by molar-refractivity contribution is 0.414. The van der Waals surface area contributed by atoms with Gasteiger partial charge in [-0.2, -0.15) is 0 Å². The molecule has 1 heterocycles. The van der Waals surface area contributed by atoms with E-state index >= 15 is 0 Å². The van der Waals surface area contributed by atoms with E-state index in [1.165, 1.54) is 41.6 Å². The fraction of sp³-hybridized carbons (Fsp3) is 0.467. The van der Waals surface area contributed by atoms with Crippen LogP contribution in [0.5, 0.6) is 5.75 Å². The summed E-state index contributed by atoms with van der Waals surface area (Å²) in [4.78, 5) is 0. The Bertz CT molecular complexity index is 504. The molecular weight excluding hydrogens is 210 g/mol. The maximum absolute atomic E-state index is 5.34. The van der Waals surface area contributed by atoms with Crippen LogP contribution < -0.4 is 10.1 Å². The maximum atomic E-state index is 5.34. The van der Waals surface area contributed by atoms with E-state index in [-0.39, 0.29) is 5.54 Å². The molecule has 0 aromatic heterocycles. The van der Waals surface area contributed by atoms with Crippen molar-refractivity contribution in [2.45, 2.75) is 38.6 Å². The zero-order valence-corrected chi connectivity index (χ0v) is 10.8. The van der Waals surface area contributed by atoms with Crippen LogP contribution in [0.25, 0.3) is 6.08 Å². The first-order valence-electron chi connectivity index (χ1n) is 6.30. The van der Waals surface area contributed by atoms with Gasteiger partial charge in [-0.25, -0.2) is 0 Å². The summed E-state index contributed by atoms with van der Waals surface area (Å²) in [5, 5.41) is 3.73. The minimum Gasteiger partial charge on any atom is -0.497 e. The highest BCUT2D eigenvalue weighted by molar-refractivity contribution is 5.79. The van der Waals surface area contributed by atoms with Crippen molar-refractivity contribution < 1.29 is 4.74 Å². The van der Waals surface area contributed by atoms with Crippen molar-refractivity contribution in [1.29, 1.82) is 0 Å². The number of nitrogens with one attached hydrogen (secondary N) is 1. The minimum absolute atomic E-state index is 0.187. The third kappa shape index (κ3) is 1.54. The number of benzene rings is 1. The molecule has 17 heavy (non-hydrogen) atoms. The molecule has 1 N–H and O–H groups in total. The first-order chi connectivity index (χ1) is 8.12. The molecule has 1 atom stereocenters. The van der Waals surface area contributed by atoms with Gasteiger partial charge in [-0.15, -0.1) is 0 Å². The number of ether oxygens (including phenoxy) is 1. The smallest absolute Gasteiger partial charge is 0.119 e. The average Bonchev–Trinajstić information content (AvgIpc) is 2.67. The largest absolute Gasteiger partial charge is 0.497 e. The number of rotatable bonds is 1. The highest BCUT2D eigenvalue weighted by atomic mass is 16.5. The zero-order chi connectivity index (χ0) is 12.0.